The van der Waals surface area contributed by atoms with E-state index < -0.39 is 0 Å². The molecule has 29 heavy (non-hydrogen) atoms. The van der Waals surface area contributed by atoms with Crippen LogP contribution < -0.4 is 0 Å². The summed E-state index contributed by atoms with van der Waals surface area (Å²) in [6.07, 6.45) is 22.4. The van der Waals surface area contributed by atoms with Crippen LogP contribution in [0.1, 0.15) is 123 Å². The Kier molecular flexibility index (Phi) is 21.9. The number of hydrogen-bond acceptors (Lipinski definition) is 4. The third kappa shape index (κ3) is 22.8. The van der Waals surface area contributed by atoms with E-state index >= 15 is 0 Å². The molecule has 0 atom stereocenters. The summed E-state index contributed by atoms with van der Waals surface area (Å²) in [5.41, 5.74) is 0. The van der Waals surface area contributed by atoms with E-state index in [0.717, 1.165) is 25.7 Å². The van der Waals surface area contributed by atoms with E-state index in [9.17, 15) is 9.59 Å². The maximum absolute atomic E-state index is 11.7. The average Bonchev–Trinajstić information content (AvgIpc) is 2.71. The van der Waals surface area contributed by atoms with E-state index in [4.69, 9.17) is 9.47 Å². The molecule has 0 unspecified atom stereocenters. The summed E-state index contributed by atoms with van der Waals surface area (Å²) < 4.78 is 10.4. The van der Waals surface area contributed by atoms with Crippen molar-refractivity contribution in [2.24, 2.45) is 0 Å². The molecule has 0 saturated carbocycles. The molecule has 4 heteroatoms. The smallest absolute Gasteiger partial charge is 0.305 e. The number of allylic oxidation sites excluding steroid dienone is 1. The zero-order valence-corrected chi connectivity index (χ0v) is 19.2. The van der Waals surface area contributed by atoms with Gasteiger partial charge in [-0.05, 0) is 25.7 Å². The molecule has 4 nitrogen and oxygen atoms in total. The van der Waals surface area contributed by atoms with Crippen molar-refractivity contribution in [3.05, 3.63) is 12.2 Å². The molecule has 0 aromatic rings. The quantitative estimate of drug-likeness (QED) is 0.113. The maximum atomic E-state index is 11.7. The van der Waals surface area contributed by atoms with E-state index in [-0.39, 0.29) is 18.4 Å². The van der Waals surface area contributed by atoms with Crippen LogP contribution in [0.25, 0.3) is 0 Å². The fraction of sp³-hybridized carbons (Fsp3) is 0.840. The second-order valence-corrected chi connectivity index (χ2v) is 7.85. The van der Waals surface area contributed by atoms with Crippen LogP contribution in [0.4, 0.5) is 0 Å². The van der Waals surface area contributed by atoms with Crippen molar-refractivity contribution in [2.75, 3.05) is 13.2 Å². The van der Waals surface area contributed by atoms with Crippen LogP contribution in [0.15, 0.2) is 12.2 Å². The lowest BCUT2D eigenvalue weighted by Crippen LogP contribution is -2.09. The fourth-order valence-corrected chi connectivity index (χ4v) is 3.18. The average molecular weight is 411 g/mol. The third-order valence-corrected chi connectivity index (χ3v) is 4.97. The lowest BCUT2D eigenvalue weighted by molar-refractivity contribution is -0.145. The molecule has 0 aliphatic rings. The van der Waals surface area contributed by atoms with Crippen molar-refractivity contribution in [1.29, 1.82) is 0 Å². The summed E-state index contributed by atoms with van der Waals surface area (Å²) in [6, 6.07) is 0. The Labute approximate surface area is 179 Å². The minimum absolute atomic E-state index is 0.202. The van der Waals surface area contributed by atoms with Gasteiger partial charge in [-0.2, -0.15) is 0 Å². The Bertz CT molecular complexity index is 404. The summed E-state index contributed by atoms with van der Waals surface area (Å²) in [5.74, 6) is -0.435. The van der Waals surface area contributed by atoms with Gasteiger partial charge in [0, 0.05) is 12.8 Å². The highest BCUT2D eigenvalue weighted by Gasteiger charge is 2.07. The maximum Gasteiger partial charge on any atom is 0.305 e. The lowest BCUT2D eigenvalue weighted by atomic mass is 10.1. The van der Waals surface area contributed by atoms with Gasteiger partial charge in [-0.1, -0.05) is 96.6 Å². The first-order chi connectivity index (χ1) is 14.2. The molecule has 0 aromatic heterocycles. The number of esters is 2. The Hall–Kier alpha value is -1.32. The van der Waals surface area contributed by atoms with Crippen LogP contribution in [0, 0.1) is 0 Å². The van der Waals surface area contributed by atoms with Crippen molar-refractivity contribution < 1.29 is 19.1 Å². The Morgan fingerprint density at radius 1 is 0.586 bits per heavy atom. The van der Waals surface area contributed by atoms with E-state index in [1.54, 1.807) is 0 Å². The number of unbranched alkanes of at least 4 members (excludes halogenated alkanes) is 11. The zero-order chi connectivity index (χ0) is 21.4. The largest absolute Gasteiger partial charge is 0.466 e. The topological polar surface area (TPSA) is 52.6 Å². The molecule has 0 radical (unpaired) electrons. The van der Waals surface area contributed by atoms with Crippen molar-refractivity contribution in [3.8, 4) is 0 Å². The summed E-state index contributed by atoms with van der Waals surface area (Å²) >= 11 is 0. The lowest BCUT2D eigenvalue weighted by Gasteiger charge is -2.06. The highest BCUT2D eigenvalue weighted by atomic mass is 16.5. The summed E-state index contributed by atoms with van der Waals surface area (Å²) in [6.45, 7) is 5.25. The Morgan fingerprint density at radius 2 is 1.07 bits per heavy atom. The van der Waals surface area contributed by atoms with E-state index in [1.807, 2.05) is 6.08 Å². The van der Waals surface area contributed by atoms with Crippen LogP contribution >= 0.6 is 0 Å². The molecular formula is C25H46O4. The number of carbonyl (C=O) groups excluding carboxylic acids is 2. The summed E-state index contributed by atoms with van der Waals surface area (Å²) in [7, 11) is 0. The minimum atomic E-state index is -0.233. The predicted octanol–water partition coefficient (Wildman–Crippen LogP) is 7.30. The highest BCUT2D eigenvalue weighted by molar-refractivity contribution is 5.72. The molecule has 0 rings (SSSR count). The van der Waals surface area contributed by atoms with Gasteiger partial charge in [0.2, 0.25) is 0 Å². The van der Waals surface area contributed by atoms with Gasteiger partial charge in [-0.3, -0.25) is 9.59 Å². The van der Waals surface area contributed by atoms with Crippen LogP contribution in [0.3, 0.4) is 0 Å². The molecule has 0 bridgehead atoms. The number of ether oxygens (including phenoxy) is 2. The van der Waals surface area contributed by atoms with Gasteiger partial charge in [0.1, 0.15) is 0 Å². The van der Waals surface area contributed by atoms with Gasteiger partial charge in [-0.25, -0.2) is 0 Å². The highest BCUT2D eigenvalue weighted by Crippen LogP contribution is 2.12. The van der Waals surface area contributed by atoms with E-state index in [1.165, 1.54) is 64.2 Å². The van der Waals surface area contributed by atoms with Gasteiger partial charge < -0.3 is 9.47 Å². The van der Waals surface area contributed by atoms with Crippen molar-refractivity contribution in [2.45, 2.75) is 123 Å². The monoisotopic (exact) mass is 410 g/mol. The van der Waals surface area contributed by atoms with Crippen molar-refractivity contribution in [3.63, 3.8) is 0 Å². The Morgan fingerprint density at radius 3 is 1.59 bits per heavy atom. The van der Waals surface area contributed by atoms with Gasteiger partial charge in [0.25, 0.3) is 0 Å². The van der Waals surface area contributed by atoms with E-state index in [2.05, 4.69) is 19.9 Å². The third-order valence-electron chi connectivity index (χ3n) is 4.97. The van der Waals surface area contributed by atoms with Gasteiger partial charge >= 0.3 is 11.9 Å². The molecule has 0 N–H and O–H groups in total. The molecule has 0 aromatic carbocycles. The molecule has 0 heterocycles. The van der Waals surface area contributed by atoms with Crippen LogP contribution in [0.5, 0.6) is 0 Å². The molecule has 0 spiro atoms. The number of rotatable bonds is 21. The molecule has 0 saturated heterocycles. The number of hydrogen-bond donors (Lipinski definition) is 0. The van der Waals surface area contributed by atoms with E-state index in [0.29, 0.717) is 26.1 Å². The predicted molar refractivity (Wildman–Crippen MR) is 121 cm³/mol. The molecule has 0 fully saturated rings. The van der Waals surface area contributed by atoms with Crippen LogP contribution in [-0.4, -0.2) is 25.2 Å². The van der Waals surface area contributed by atoms with Gasteiger partial charge in [0.05, 0.1) is 13.2 Å². The summed E-state index contributed by atoms with van der Waals surface area (Å²) in [5, 5.41) is 0. The normalized spacial score (nSPS) is 11.1. The first-order valence-corrected chi connectivity index (χ1v) is 12.2. The standard InChI is InChI=1S/C25H46O4/c1-3-5-7-9-10-11-12-13-14-15-16-18-23-29-25(27)21-19-20-24(26)28-22-17-8-6-4-2/h6,8H,3-5,7,9-23H2,1-2H3/b8-6-. The minimum Gasteiger partial charge on any atom is -0.466 e. The second-order valence-electron chi connectivity index (χ2n) is 7.85. The molecule has 0 aliphatic carbocycles. The first kappa shape index (κ1) is 27.7. The van der Waals surface area contributed by atoms with Gasteiger partial charge in [0.15, 0.2) is 0 Å². The fourth-order valence-electron chi connectivity index (χ4n) is 3.18. The second kappa shape index (κ2) is 23.0. The van der Waals surface area contributed by atoms with Gasteiger partial charge in [-0.15, -0.1) is 0 Å². The van der Waals surface area contributed by atoms with Crippen molar-refractivity contribution >= 4 is 11.9 Å². The first-order valence-electron chi connectivity index (χ1n) is 12.2. The SMILES string of the molecule is CC/C=C\CCOC(=O)CCCC(=O)OCCCCCCCCCCCCCC. The zero-order valence-electron chi connectivity index (χ0n) is 19.2. The van der Waals surface area contributed by atoms with Crippen LogP contribution in [0.2, 0.25) is 0 Å². The Balaban J connectivity index is 3.29. The number of carbonyl (C=O) groups is 2. The van der Waals surface area contributed by atoms with Crippen LogP contribution in [-0.2, 0) is 19.1 Å². The summed E-state index contributed by atoms with van der Waals surface area (Å²) in [4.78, 5) is 23.2. The molecule has 170 valence electrons. The van der Waals surface area contributed by atoms with Crippen molar-refractivity contribution in [1.82, 2.24) is 0 Å². The molecule has 0 aliphatic heterocycles. The molecular weight excluding hydrogens is 364 g/mol. The molecule has 0 amide bonds.